The lowest BCUT2D eigenvalue weighted by Gasteiger charge is -2.25. The Hall–Kier alpha value is -3.16. The summed E-state index contributed by atoms with van der Waals surface area (Å²) in [6, 6.07) is 11.3. The summed E-state index contributed by atoms with van der Waals surface area (Å²) in [6.45, 7) is 1.29. The van der Waals surface area contributed by atoms with Gasteiger partial charge in [-0.05, 0) is 29.8 Å². The maximum atomic E-state index is 12.5. The van der Waals surface area contributed by atoms with Crippen LogP contribution in [0.5, 0.6) is 5.75 Å². The zero-order valence-corrected chi connectivity index (χ0v) is 14.7. The molecule has 0 fully saturated rings. The summed E-state index contributed by atoms with van der Waals surface area (Å²) < 4.78 is 0. The van der Waals surface area contributed by atoms with Crippen molar-refractivity contribution in [3.8, 4) is 5.75 Å². The number of anilines is 1. The number of aromatic hydroxyl groups is 1. The molecule has 3 rings (SSSR count). The van der Waals surface area contributed by atoms with Gasteiger partial charge in [-0.25, -0.2) is 0 Å². The van der Waals surface area contributed by atoms with Gasteiger partial charge in [0.2, 0.25) is 5.43 Å². The molecule has 0 atom stereocenters. The van der Waals surface area contributed by atoms with E-state index in [4.69, 9.17) is 0 Å². The van der Waals surface area contributed by atoms with Crippen LogP contribution in [0.2, 0.25) is 0 Å². The van der Waals surface area contributed by atoms with Crippen LogP contribution in [0.1, 0.15) is 22.8 Å². The molecular weight excluding hydrogens is 348 g/mol. The van der Waals surface area contributed by atoms with Crippen molar-refractivity contribution < 1.29 is 20.1 Å². The van der Waals surface area contributed by atoms with Crippen LogP contribution >= 0.6 is 0 Å². The van der Waals surface area contributed by atoms with E-state index in [0.717, 1.165) is 5.56 Å². The average molecular weight is 368 g/mol. The van der Waals surface area contributed by atoms with E-state index in [-0.39, 0.29) is 29.9 Å². The first kappa shape index (κ1) is 18.6. The highest BCUT2D eigenvalue weighted by Crippen LogP contribution is 2.24. The Bertz CT molecular complexity index is 1040. The number of amides is 1. The second kappa shape index (κ2) is 7.22. The third-order valence-electron chi connectivity index (χ3n) is 4.67. The molecule has 1 heterocycles. The zero-order valence-electron chi connectivity index (χ0n) is 14.7. The topological polar surface area (TPSA) is 123 Å². The van der Waals surface area contributed by atoms with Gasteiger partial charge in [-0.3, -0.25) is 9.59 Å². The number of carbonyl (C=O) groups excluding carboxylic acids is 1. The van der Waals surface area contributed by atoms with E-state index in [1.54, 1.807) is 43.3 Å². The molecule has 7 heteroatoms. The first-order valence-electron chi connectivity index (χ1n) is 8.36. The first-order valence-corrected chi connectivity index (χ1v) is 8.36. The van der Waals surface area contributed by atoms with Gasteiger partial charge in [-0.15, -0.1) is 0 Å². The van der Waals surface area contributed by atoms with Gasteiger partial charge < -0.3 is 25.6 Å². The average Bonchev–Trinajstić information content (AvgIpc) is 2.68. The molecule has 0 unspecified atom stereocenters. The molecule has 7 nitrogen and oxygen atoms in total. The van der Waals surface area contributed by atoms with Crippen molar-refractivity contribution >= 4 is 22.5 Å². The summed E-state index contributed by atoms with van der Waals surface area (Å²) in [5, 5.41) is 31.5. The predicted octanol–water partition coefficient (Wildman–Crippen LogP) is 1.73. The second-order valence-electron chi connectivity index (χ2n) is 6.64. The monoisotopic (exact) mass is 368 g/mol. The van der Waals surface area contributed by atoms with Crippen molar-refractivity contribution in [1.82, 2.24) is 4.98 Å². The lowest BCUT2D eigenvalue weighted by Crippen LogP contribution is -2.31. The fraction of sp³-hybridized carbons (Fsp3) is 0.200. The SMILES string of the molecule is CC(CO)(CO)c1ccc(NC(=O)c2c[nH]c3cccc(O)c3c2=O)cc1. The van der Waals surface area contributed by atoms with Gasteiger partial charge in [-0.2, -0.15) is 0 Å². The highest BCUT2D eigenvalue weighted by Gasteiger charge is 2.25. The predicted molar refractivity (Wildman–Crippen MR) is 102 cm³/mol. The zero-order chi connectivity index (χ0) is 19.6. The van der Waals surface area contributed by atoms with Crippen LogP contribution in [-0.4, -0.2) is 39.4 Å². The number of hydrogen-bond acceptors (Lipinski definition) is 5. The molecule has 0 saturated carbocycles. The van der Waals surface area contributed by atoms with Crippen molar-refractivity contribution in [2.75, 3.05) is 18.5 Å². The molecule has 0 aliphatic rings. The molecule has 27 heavy (non-hydrogen) atoms. The fourth-order valence-electron chi connectivity index (χ4n) is 2.80. The van der Waals surface area contributed by atoms with Gasteiger partial charge in [0.15, 0.2) is 0 Å². The van der Waals surface area contributed by atoms with E-state index in [9.17, 15) is 24.9 Å². The van der Waals surface area contributed by atoms with Gasteiger partial charge in [0, 0.05) is 17.3 Å². The Morgan fingerprint density at radius 3 is 2.41 bits per heavy atom. The highest BCUT2D eigenvalue weighted by molar-refractivity contribution is 6.06. The van der Waals surface area contributed by atoms with E-state index in [1.807, 2.05) is 0 Å². The molecule has 0 aliphatic heterocycles. The number of aliphatic hydroxyl groups excluding tert-OH is 2. The Morgan fingerprint density at radius 1 is 1.11 bits per heavy atom. The first-order chi connectivity index (χ1) is 12.9. The Labute approximate surface area is 154 Å². The number of fused-ring (bicyclic) bond motifs is 1. The minimum Gasteiger partial charge on any atom is -0.507 e. The molecule has 1 aromatic heterocycles. The lowest BCUT2D eigenvalue weighted by atomic mass is 9.84. The largest absolute Gasteiger partial charge is 0.507 e. The van der Waals surface area contributed by atoms with E-state index in [0.29, 0.717) is 11.2 Å². The number of phenols is 1. The van der Waals surface area contributed by atoms with Crippen LogP contribution in [0.4, 0.5) is 5.69 Å². The van der Waals surface area contributed by atoms with Gasteiger partial charge >= 0.3 is 0 Å². The molecule has 2 aromatic carbocycles. The van der Waals surface area contributed by atoms with Crippen molar-refractivity contribution in [3.05, 3.63) is 70.0 Å². The second-order valence-corrected chi connectivity index (χ2v) is 6.64. The molecule has 3 aromatic rings. The molecule has 0 saturated heterocycles. The summed E-state index contributed by atoms with van der Waals surface area (Å²) in [7, 11) is 0. The minimum absolute atomic E-state index is 0.0576. The van der Waals surface area contributed by atoms with E-state index in [2.05, 4.69) is 10.3 Å². The number of aromatic nitrogens is 1. The number of pyridine rings is 1. The van der Waals surface area contributed by atoms with Gasteiger partial charge in [0.1, 0.15) is 11.3 Å². The highest BCUT2D eigenvalue weighted by atomic mass is 16.3. The molecule has 0 aliphatic carbocycles. The molecule has 140 valence electrons. The molecule has 1 amide bonds. The number of carbonyl (C=O) groups is 1. The van der Waals surface area contributed by atoms with Gasteiger partial charge in [0.25, 0.3) is 5.91 Å². The fourth-order valence-corrected chi connectivity index (χ4v) is 2.80. The number of aliphatic hydroxyl groups is 2. The van der Waals surface area contributed by atoms with Crippen LogP contribution in [0.15, 0.2) is 53.5 Å². The smallest absolute Gasteiger partial charge is 0.261 e. The van der Waals surface area contributed by atoms with Crippen LogP contribution in [0, 0.1) is 0 Å². The number of nitrogens with one attached hydrogen (secondary N) is 2. The van der Waals surface area contributed by atoms with Crippen molar-refractivity contribution in [2.24, 2.45) is 0 Å². The Balaban J connectivity index is 1.88. The van der Waals surface area contributed by atoms with Crippen LogP contribution in [-0.2, 0) is 5.41 Å². The number of hydrogen-bond donors (Lipinski definition) is 5. The molecule has 5 N–H and O–H groups in total. The number of aromatic amines is 1. The van der Waals surface area contributed by atoms with Gasteiger partial charge in [-0.1, -0.05) is 25.1 Å². The van der Waals surface area contributed by atoms with Crippen molar-refractivity contribution in [2.45, 2.75) is 12.3 Å². The Morgan fingerprint density at radius 2 is 1.78 bits per heavy atom. The summed E-state index contributed by atoms with van der Waals surface area (Å²) >= 11 is 0. The van der Waals surface area contributed by atoms with Crippen molar-refractivity contribution in [3.63, 3.8) is 0 Å². The van der Waals surface area contributed by atoms with E-state index >= 15 is 0 Å². The van der Waals surface area contributed by atoms with Crippen LogP contribution < -0.4 is 10.7 Å². The number of rotatable bonds is 5. The van der Waals surface area contributed by atoms with E-state index < -0.39 is 16.8 Å². The normalized spacial score (nSPS) is 11.5. The number of H-pyrrole nitrogens is 1. The quantitative estimate of drug-likeness (QED) is 0.469. The van der Waals surface area contributed by atoms with Crippen molar-refractivity contribution in [1.29, 1.82) is 0 Å². The molecule has 0 spiro atoms. The standard InChI is InChI=1S/C20H20N2O5/c1-20(10-23,11-24)12-5-7-13(8-6-12)22-19(27)14-9-21-15-3-2-4-16(25)17(15)18(14)26/h2-9,23-25H,10-11H2,1H3,(H,21,26)(H,22,27). The summed E-state index contributed by atoms with van der Waals surface area (Å²) in [6.07, 6.45) is 1.31. The third-order valence-corrected chi connectivity index (χ3v) is 4.67. The minimum atomic E-state index is -0.782. The number of phenolic OH excluding ortho intramolecular Hbond substituents is 1. The number of benzene rings is 2. The third kappa shape index (κ3) is 3.42. The van der Waals surface area contributed by atoms with E-state index in [1.165, 1.54) is 12.3 Å². The summed E-state index contributed by atoms with van der Waals surface area (Å²) in [4.78, 5) is 27.9. The lowest BCUT2D eigenvalue weighted by molar-refractivity contribution is 0.102. The maximum Gasteiger partial charge on any atom is 0.261 e. The Kier molecular flexibility index (Phi) is 4.98. The van der Waals surface area contributed by atoms with Gasteiger partial charge in [0.05, 0.1) is 24.1 Å². The summed E-state index contributed by atoms with van der Waals surface area (Å²) in [5.74, 6) is -0.804. The van der Waals surface area contributed by atoms with Crippen LogP contribution in [0.25, 0.3) is 10.9 Å². The molecule has 0 radical (unpaired) electrons. The maximum absolute atomic E-state index is 12.5. The summed E-state index contributed by atoms with van der Waals surface area (Å²) in [5.41, 5.74) is 0.147. The molecular formula is C20H20N2O5. The molecule has 0 bridgehead atoms. The van der Waals surface area contributed by atoms with Crippen LogP contribution in [0.3, 0.4) is 0 Å².